The van der Waals surface area contributed by atoms with Crippen LogP contribution in [0.2, 0.25) is 0 Å². The predicted octanol–water partition coefficient (Wildman–Crippen LogP) is -0.0384. The molecule has 1 aromatic carbocycles. The number of carboxylic acids is 1. The van der Waals surface area contributed by atoms with Crippen molar-refractivity contribution in [1.82, 2.24) is 5.32 Å². The first-order chi connectivity index (χ1) is 9.72. The summed E-state index contributed by atoms with van der Waals surface area (Å²) in [4.78, 5) is 43.6. The third kappa shape index (κ3) is 4.27. The molecule has 0 heterocycles. The number of rotatable bonds is 6. The lowest BCUT2D eigenvalue weighted by Gasteiger charge is -2.13. The Kier molecular flexibility index (Phi) is 4.95. The van der Waals surface area contributed by atoms with E-state index in [9.17, 15) is 24.5 Å². The SMILES string of the molecule is Cc1cc([N+](=O)[O-])ccc1C(=O)N[C@@H](CC(N)=O)C(=O)O. The smallest absolute Gasteiger partial charge is 0.326 e. The van der Waals surface area contributed by atoms with Gasteiger partial charge < -0.3 is 16.2 Å². The zero-order valence-corrected chi connectivity index (χ0v) is 11.0. The second-order valence-corrected chi connectivity index (χ2v) is 4.29. The number of amides is 2. The first-order valence-corrected chi connectivity index (χ1v) is 5.79. The highest BCUT2D eigenvalue weighted by molar-refractivity contribution is 5.98. The molecular formula is C12H13N3O6. The first-order valence-electron chi connectivity index (χ1n) is 5.79. The number of benzene rings is 1. The molecule has 0 aliphatic heterocycles. The summed E-state index contributed by atoms with van der Waals surface area (Å²) in [5, 5.41) is 21.6. The lowest BCUT2D eigenvalue weighted by atomic mass is 10.1. The molecule has 2 amide bonds. The monoisotopic (exact) mass is 295 g/mol. The largest absolute Gasteiger partial charge is 0.480 e. The van der Waals surface area contributed by atoms with Gasteiger partial charge in [-0.2, -0.15) is 0 Å². The average Bonchev–Trinajstić information content (AvgIpc) is 2.36. The fourth-order valence-electron chi connectivity index (χ4n) is 1.65. The van der Waals surface area contributed by atoms with E-state index >= 15 is 0 Å². The van der Waals surface area contributed by atoms with E-state index in [-0.39, 0.29) is 11.3 Å². The van der Waals surface area contributed by atoms with Gasteiger partial charge in [-0.1, -0.05) is 0 Å². The Balaban J connectivity index is 2.95. The van der Waals surface area contributed by atoms with Crippen LogP contribution in [0.25, 0.3) is 0 Å². The number of aryl methyl sites for hydroxylation is 1. The van der Waals surface area contributed by atoms with E-state index in [0.717, 1.165) is 6.07 Å². The summed E-state index contributed by atoms with van der Waals surface area (Å²) in [5.74, 6) is -3.03. The molecule has 0 bridgehead atoms. The standard InChI is InChI=1S/C12H13N3O6/c1-6-4-7(15(20)21)2-3-8(6)11(17)14-9(12(18)19)5-10(13)16/h2-4,9H,5H2,1H3,(H2,13,16)(H,14,17)(H,18,19)/t9-/m0/s1. The second kappa shape index (κ2) is 6.46. The highest BCUT2D eigenvalue weighted by Gasteiger charge is 2.23. The molecule has 0 aromatic heterocycles. The zero-order valence-electron chi connectivity index (χ0n) is 11.0. The zero-order chi connectivity index (χ0) is 16.2. The number of nitrogens with zero attached hydrogens (tertiary/aromatic N) is 1. The number of non-ortho nitro benzene ring substituents is 1. The summed E-state index contributed by atoms with van der Waals surface area (Å²) in [6.07, 6.45) is -0.549. The number of nitrogens with one attached hydrogen (secondary N) is 1. The summed E-state index contributed by atoms with van der Waals surface area (Å²) < 4.78 is 0. The fourth-order valence-corrected chi connectivity index (χ4v) is 1.65. The number of carbonyl (C=O) groups excluding carboxylic acids is 2. The maximum atomic E-state index is 11.9. The number of hydrogen-bond donors (Lipinski definition) is 3. The van der Waals surface area contributed by atoms with E-state index in [1.54, 1.807) is 0 Å². The summed E-state index contributed by atoms with van der Waals surface area (Å²) in [7, 11) is 0. The number of nitro groups is 1. The van der Waals surface area contributed by atoms with Gasteiger partial charge in [0.05, 0.1) is 11.3 Å². The molecule has 9 heteroatoms. The van der Waals surface area contributed by atoms with Crippen LogP contribution in [0.4, 0.5) is 5.69 Å². The maximum absolute atomic E-state index is 11.9. The number of hydrogen-bond acceptors (Lipinski definition) is 5. The minimum atomic E-state index is -1.45. The van der Waals surface area contributed by atoms with Gasteiger partial charge in [-0.3, -0.25) is 19.7 Å². The van der Waals surface area contributed by atoms with E-state index in [1.807, 2.05) is 0 Å². The molecule has 0 radical (unpaired) electrons. The van der Waals surface area contributed by atoms with E-state index in [0.29, 0.717) is 5.56 Å². The minimum Gasteiger partial charge on any atom is -0.480 e. The first kappa shape index (κ1) is 16.1. The molecule has 0 spiro atoms. The molecule has 1 atom stereocenters. The summed E-state index contributed by atoms with van der Waals surface area (Å²) in [6, 6.07) is 2.08. The molecule has 0 saturated heterocycles. The number of nitro benzene ring substituents is 1. The van der Waals surface area contributed by atoms with E-state index in [2.05, 4.69) is 5.32 Å². The van der Waals surface area contributed by atoms with Crippen LogP contribution in [0.3, 0.4) is 0 Å². The Morgan fingerprint density at radius 2 is 2.05 bits per heavy atom. The Hall–Kier alpha value is -2.97. The van der Waals surface area contributed by atoms with Crippen LogP contribution in [0.5, 0.6) is 0 Å². The van der Waals surface area contributed by atoms with Crippen LogP contribution in [0.1, 0.15) is 22.3 Å². The molecule has 9 nitrogen and oxygen atoms in total. The number of carbonyl (C=O) groups is 3. The molecule has 0 saturated carbocycles. The average molecular weight is 295 g/mol. The third-order valence-corrected chi connectivity index (χ3v) is 2.67. The van der Waals surface area contributed by atoms with Crippen molar-refractivity contribution < 1.29 is 24.4 Å². The van der Waals surface area contributed by atoms with Gasteiger partial charge in [-0.05, 0) is 18.6 Å². The Morgan fingerprint density at radius 1 is 1.43 bits per heavy atom. The summed E-state index contributed by atoms with van der Waals surface area (Å²) in [6.45, 7) is 1.48. The van der Waals surface area contributed by atoms with Gasteiger partial charge in [-0.15, -0.1) is 0 Å². The van der Waals surface area contributed by atoms with Crippen LogP contribution >= 0.6 is 0 Å². The lowest BCUT2D eigenvalue weighted by molar-refractivity contribution is -0.384. The highest BCUT2D eigenvalue weighted by Crippen LogP contribution is 2.17. The quantitative estimate of drug-likeness (QED) is 0.494. The van der Waals surface area contributed by atoms with Gasteiger partial charge >= 0.3 is 5.97 Å². The minimum absolute atomic E-state index is 0.0799. The maximum Gasteiger partial charge on any atom is 0.326 e. The van der Waals surface area contributed by atoms with Gasteiger partial charge in [0.1, 0.15) is 6.04 Å². The van der Waals surface area contributed by atoms with Gasteiger partial charge in [0.2, 0.25) is 5.91 Å². The summed E-state index contributed by atoms with van der Waals surface area (Å²) >= 11 is 0. The van der Waals surface area contributed by atoms with Crippen molar-refractivity contribution in [1.29, 1.82) is 0 Å². The number of aliphatic carboxylic acids is 1. The topological polar surface area (TPSA) is 153 Å². The Bertz CT molecular complexity index is 613. The van der Waals surface area contributed by atoms with Crippen LogP contribution in [0, 0.1) is 17.0 Å². The normalized spacial score (nSPS) is 11.5. The van der Waals surface area contributed by atoms with Crippen LogP contribution in [-0.2, 0) is 9.59 Å². The predicted molar refractivity (Wildman–Crippen MR) is 70.5 cm³/mol. The summed E-state index contributed by atoms with van der Waals surface area (Å²) in [5.41, 5.74) is 5.11. The van der Waals surface area contributed by atoms with Crippen molar-refractivity contribution in [3.63, 3.8) is 0 Å². The molecule has 0 aliphatic carbocycles. The highest BCUT2D eigenvalue weighted by atomic mass is 16.6. The number of primary amides is 1. The van der Waals surface area contributed by atoms with Crippen LogP contribution < -0.4 is 11.1 Å². The molecule has 21 heavy (non-hydrogen) atoms. The number of carboxylic acid groups (broad SMARTS) is 1. The van der Waals surface area contributed by atoms with Crippen molar-refractivity contribution in [2.24, 2.45) is 5.73 Å². The van der Waals surface area contributed by atoms with Gasteiger partial charge in [0, 0.05) is 17.7 Å². The molecule has 1 aromatic rings. The number of nitrogens with two attached hydrogens (primary N) is 1. The molecular weight excluding hydrogens is 282 g/mol. The van der Waals surface area contributed by atoms with Crippen molar-refractivity contribution in [3.8, 4) is 0 Å². The van der Waals surface area contributed by atoms with Crippen LogP contribution in [-0.4, -0.2) is 33.9 Å². The lowest BCUT2D eigenvalue weighted by Crippen LogP contribution is -2.43. The van der Waals surface area contributed by atoms with Crippen LogP contribution in [0.15, 0.2) is 18.2 Å². The van der Waals surface area contributed by atoms with Crippen molar-refractivity contribution in [3.05, 3.63) is 39.4 Å². The van der Waals surface area contributed by atoms with Gasteiger partial charge in [-0.25, -0.2) is 4.79 Å². The molecule has 0 unspecified atom stereocenters. The van der Waals surface area contributed by atoms with Crippen molar-refractivity contribution in [2.45, 2.75) is 19.4 Å². The van der Waals surface area contributed by atoms with Gasteiger partial charge in [0.15, 0.2) is 0 Å². The van der Waals surface area contributed by atoms with Crippen molar-refractivity contribution >= 4 is 23.5 Å². The second-order valence-electron chi connectivity index (χ2n) is 4.29. The Morgan fingerprint density at radius 3 is 2.48 bits per heavy atom. The van der Waals surface area contributed by atoms with E-state index in [4.69, 9.17) is 10.8 Å². The molecule has 4 N–H and O–H groups in total. The van der Waals surface area contributed by atoms with Gasteiger partial charge in [0.25, 0.3) is 11.6 Å². The van der Waals surface area contributed by atoms with E-state index < -0.39 is 35.2 Å². The van der Waals surface area contributed by atoms with E-state index in [1.165, 1.54) is 19.1 Å². The molecule has 112 valence electrons. The molecule has 1 rings (SSSR count). The molecule has 0 fully saturated rings. The fraction of sp³-hybridized carbons (Fsp3) is 0.250. The molecule has 0 aliphatic rings. The Labute approximate surface area is 118 Å². The van der Waals surface area contributed by atoms with Crippen molar-refractivity contribution in [2.75, 3.05) is 0 Å². The third-order valence-electron chi connectivity index (χ3n) is 2.67.